The molecule has 6 nitrogen and oxygen atoms in total. The van der Waals surface area contributed by atoms with Crippen LogP contribution in [-0.2, 0) is 9.59 Å². The molecule has 0 bridgehead atoms. The average Bonchev–Trinajstić information content (AvgIpc) is 3.04. The number of fused-ring (bicyclic) bond motifs is 1. The third-order valence-corrected chi connectivity index (χ3v) is 6.10. The SMILES string of the molecule is Cc1ccc(NC(=O)CCC(=O)NNC(=O)c2sc3ccccc3c2Cl)cc1C. The van der Waals surface area contributed by atoms with Crippen molar-refractivity contribution in [3.63, 3.8) is 0 Å². The van der Waals surface area contributed by atoms with Gasteiger partial charge in [-0.25, -0.2) is 0 Å². The van der Waals surface area contributed by atoms with Gasteiger partial charge in [0.15, 0.2) is 0 Å². The van der Waals surface area contributed by atoms with Crippen LogP contribution in [0, 0.1) is 13.8 Å². The molecule has 0 atom stereocenters. The molecule has 150 valence electrons. The summed E-state index contributed by atoms with van der Waals surface area (Å²) in [5.41, 5.74) is 7.56. The Hall–Kier alpha value is -2.90. The van der Waals surface area contributed by atoms with Crippen molar-refractivity contribution in [1.29, 1.82) is 0 Å². The minimum absolute atomic E-state index is 0.00171. The molecule has 3 N–H and O–H groups in total. The van der Waals surface area contributed by atoms with Crippen molar-refractivity contribution in [2.45, 2.75) is 26.7 Å². The molecular weight excluding hydrogens is 410 g/mol. The van der Waals surface area contributed by atoms with Crippen LogP contribution in [0.1, 0.15) is 33.6 Å². The Balaban J connectivity index is 1.47. The number of nitrogens with one attached hydrogen (secondary N) is 3. The van der Waals surface area contributed by atoms with Crippen LogP contribution in [0.2, 0.25) is 5.02 Å². The standard InChI is InChI=1S/C21H20ClN3O3S/c1-12-7-8-14(11-13(12)2)23-17(26)9-10-18(27)24-25-21(28)20-19(22)15-5-3-4-6-16(15)29-20/h3-8,11H,9-10H2,1-2H3,(H,23,26)(H,24,27)(H,25,28). The maximum atomic E-state index is 12.3. The van der Waals surface area contributed by atoms with E-state index in [1.54, 1.807) is 0 Å². The fourth-order valence-corrected chi connectivity index (χ4v) is 4.09. The van der Waals surface area contributed by atoms with Crippen molar-refractivity contribution >= 4 is 56.4 Å². The second-order valence-corrected chi connectivity index (χ2v) is 8.02. The highest BCUT2D eigenvalue weighted by Crippen LogP contribution is 2.34. The van der Waals surface area contributed by atoms with Gasteiger partial charge in [0, 0.05) is 28.6 Å². The molecule has 0 saturated carbocycles. The summed E-state index contributed by atoms with van der Waals surface area (Å²) in [5, 5.41) is 3.90. The van der Waals surface area contributed by atoms with Crippen LogP contribution in [0.4, 0.5) is 5.69 Å². The van der Waals surface area contributed by atoms with Crippen molar-refractivity contribution in [1.82, 2.24) is 10.9 Å². The van der Waals surface area contributed by atoms with Crippen LogP contribution in [0.15, 0.2) is 42.5 Å². The van der Waals surface area contributed by atoms with Crippen LogP contribution in [0.25, 0.3) is 10.1 Å². The summed E-state index contributed by atoms with van der Waals surface area (Å²) in [7, 11) is 0. The van der Waals surface area contributed by atoms with Gasteiger partial charge in [-0.2, -0.15) is 0 Å². The normalized spacial score (nSPS) is 10.6. The van der Waals surface area contributed by atoms with Gasteiger partial charge in [0.2, 0.25) is 11.8 Å². The number of anilines is 1. The molecule has 29 heavy (non-hydrogen) atoms. The Morgan fingerprint density at radius 1 is 0.931 bits per heavy atom. The van der Waals surface area contributed by atoms with Crippen LogP contribution >= 0.6 is 22.9 Å². The number of hydrogen-bond acceptors (Lipinski definition) is 4. The number of hydrogen-bond donors (Lipinski definition) is 3. The number of benzene rings is 2. The maximum absolute atomic E-state index is 12.3. The lowest BCUT2D eigenvalue weighted by Gasteiger charge is -2.08. The zero-order chi connectivity index (χ0) is 21.0. The lowest BCUT2D eigenvalue weighted by Crippen LogP contribution is -2.41. The van der Waals surface area contributed by atoms with Crippen molar-refractivity contribution in [3.05, 3.63) is 63.5 Å². The summed E-state index contributed by atoms with van der Waals surface area (Å²) >= 11 is 7.50. The van der Waals surface area contributed by atoms with Gasteiger partial charge in [0.1, 0.15) is 4.88 Å². The van der Waals surface area contributed by atoms with Gasteiger partial charge in [0.05, 0.1) is 5.02 Å². The molecule has 3 amide bonds. The van der Waals surface area contributed by atoms with Crippen molar-refractivity contribution in [2.75, 3.05) is 5.32 Å². The van der Waals surface area contributed by atoms with Gasteiger partial charge in [-0.1, -0.05) is 35.9 Å². The van der Waals surface area contributed by atoms with E-state index in [1.165, 1.54) is 11.3 Å². The molecule has 0 fully saturated rings. The maximum Gasteiger partial charge on any atom is 0.281 e. The van der Waals surface area contributed by atoms with Crippen molar-refractivity contribution in [2.24, 2.45) is 0 Å². The number of hydrazine groups is 1. The molecule has 1 heterocycles. The van der Waals surface area contributed by atoms with Gasteiger partial charge in [-0.15, -0.1) is 11.3 Å². The van der Waals surface area contributed by atoms with Crippen LogP contribution < -0.4 is 16.2 Å². The van der Waals surface area contributed by atoms with Gasteiger partial charge in [-0.3, -0.25) is 25.2 Å². The molecule has 0 unspecified atom stereocenters. The minimum Gasteiger partial charge on any atom is -0.326 e. The number of carbonyl (C=O) groups is 3. The molecule has 1 aromatic heterocycles. The lowest BCUT2D eigenvalue weighted by molar-refractivity contribution is -0.124. The Morgan fingerprint density at radius 3 is 2.38 bits per heavy atom. The highest BCUT2D eigenvalue weighted by Gasteiger charge is 2.17. The zero-order valence-corrected chi connectivity index (χ0v) is 17.5. The third-order valence-electron chi connectivity index (χ3n) is 4.43. The summed E-state index contributed by atoms with van der Waals surface area (Å²) in [4.78, 5) is 36.6. The van der Waals surface area contributed by atoms with Gasteiger partial charge in [-0.05, 0) is 43.2 Å². The number of rotatable bonds is 5. The molecule has 0 radical (unpaired) electrons. The van der Waals surface area contributed by atoms with Gasteiger partial charge < -0.3 is 5.32 Å². The summed E-state index contributed by atoms with van der Waals surface area (Å²) in [6.07, 6.45) is -0.0601. The Kier molecular flexibility index (Phi) is 6.51. The van der Waals surface area contributed by atoms with E-state index in [2.05, 4.69) is 16.2 Å². The van der Waals surface area contributed by atoms with E-state index < -0.39 is 11.8 Å². The largest absolute Gasteiger partial charge is 0.326 e. The molecule has 8 heteroatoms. The lowest BCUT2D eigenvalue weighted by atomic mass is 10.1. The number of halogens is 1. The second-order valence-electron chi connectivity index (χ2n) is 6.59. The Bertz CT molecular complexity index is 1090. The van der Waals surface area contributed by atoms with Gasteiger partial charge >= 0.3 is 0 Å². The summed E-state index contributed by atoms with van der Waals surface area (Å²) < 4.78 is 0.886. The van der Waals surface area contributed by atoms with E-state index in [-0.39, 0.29) is 18.7 Å². The number of amides is 3. The Labute approximate surface area is 177 Å². The molecular formula is C21H20ClN3O3S. The topological polar surface area (TPSA) is 87.3 Å². The molecule has 0 aliphatic rings. The molecule has 3 rings (SSSR count). The predicted molar refractivity (Wildman–Crippen MR) is 116 cm³/mol. The summed E-state index contributed by atoms with van der Waals surface area (Å²) in [6.45, 7) is 3.95. The quantitative estimate of drug-likeness (QED) is 0.527. The summed E-state index contributed by atoms with van der Waals surface area (Å²) in [6, 6.07) is 13.0. The smallest absolute Gasteiger partial charge is 0.281 e. The average molecular weight is 430 g/mol. The number of carbonyl (C=O) groups excluding carboxylic acids is 3. The third kappa shape index (κ3) is 5.13. The van der Waals surface area contributed by atoms with Crippen LogP contribution in [-0.4, -0.2) is 17.7 Å². The predicted octanol–water partition coefficient (Wildman–Crippen LogP) is 4.35. The molecule has 0 saturated heterocycles. The molecule has 0 aliphatic carbocycles. The van der Waals surface area contributed by atoms with E-state index >= 15 is 0 Å². The molecule has 2 aromatic carbocycles. The van der Waals surface area contributed by atoms with E-state index in [1.807, 2.05) is 56.3 Å². The van der Waals surface area contributed by atoms with Crippen molar-refractivity contribution in [3.8, 4) is 0 Å². The number of aryl methyl sites for hydroxylation is 2. The second kappa shape index (κ2) is 9.07. The minimum atomic E-state index is -0.496. The first-order chi connectivity index (χ1) is 13.8. The fraction of sp³-hybridized carbons (Fsp3) is 0.190. The molecule has 0 spiro atoms. The first kappa shape index (κ1) is 20.8. The van der Waals surface area contributed by atoms with E-state index in [4.69, 9.17) is 11.6 Å². The van der Waals surface area contributed by atoms with E-state index in [0.717, 1.165) is 21.2 Å². The van der Waals surface area contributed by atoms with E-state index in [9.17, 15) is 14.4 Å². The Morgan fingerprint density at radius 2 is 1.66 bits per heavy atom. The van der Waals surface area contributed by atoms with Crippen LogP contribution in [0.5, 0.6) is 0 Å². The molecule has 3 aromatic rings. The van der Waals surface area contributed by atoms with Crippen molar-refractivity contribution < 1.29 is 14.4 Å². The highest BCUT2D eigenvalue weighted by atomic mass is 35.5. The zero-order valence-electron chi connectivity index (χ0n) is 16.0. The first-order valence-corrected chi connectivity index (χ1v) is 10.2. The van der Waals surface area contributed by atoms with Crippen LogP contribution in [0.3, 0.4) is 0 Å². The monoisotopic (exact) mass is 429 g/mol. The van der Waals surface area contributed by atoms with Gasteiger partial charge in [0.25, 0.3) is 5.91 Å². The fourth-order valence-electron chi connectivity index (χ4n) is 2.68. The first-order valence-electron chi connectivity index (χ1n) is 8.98. The number of thiophene rings is 1. The summed E-state index contributed by atoms with van der Waals surface area (Å²) in [5.74, 6) is -1.24. The van der Waals surface area contributed by atoms with E-state index in [0.29, 0.717) is 15.6 Å². The molecule has 0 aliphatic heterocycles. The highest BCUT2D eigenvalue weighted by molar-refractivity contribution is 7.21.